The van der Waals surface area contributed by atoms with Crippen LogP contribution in [0.25, 0.3) is 11.0 Å². The Morgan fingerprint density at radius 1 is 1.22 bits per heavy atom. The van der Waals surface area contributed by atoms with Gasteiger partial charge in [-0.2, -0.15) is 13.8 Å². The summed E-state index contributed by atoms with van der Waals surface area (Å²) in [7, 11) is 1.58. The zero-order valence-electron chi connectivity index (χ0n) is 12.2. The third-order valence-corrected chi connectivity index (χ3v) is 3.58. The summed E-state index contributed by atoms with van der Waals surface area (Å²) >= 11 is 1.13. The van der Waals surface area contributed by atoms with Crippen LogP contribution in [0.1, 0.15) is 5.56 Å². The Hall–Kier alpha value is -3.00. The first kappa shape index (κ1) is 14.9. The van der Waals surface area contributed by atoms with Gasteiger partial charge in [0.2, 0.25) is 0 Å². The highest BCUT2D eigenvalue weighted by Gasteiger charge is 2.04. The minimum atomic E-state index is -0.446. The van der Waals surface area contributed by atoms with Gasteiger partial charge in [0.05, 0.1) is 25.1 Å². The smallest absolute Gasteiger partial charge is 0.339 e. The molecular weight excluding hydrogens is 314 g/mol. The van der Waals surface area contributed by atoms with E-state index in [9.17, 15) is 4.79 Å². The molecule has 23 heavy (non-hydrogen) atoms. The van der Waals surface area contributed by atoms with Crippen LogP contribution in [-0.2, 0) is 0 Å². The molecule has 0 saturated carbocycles. The van der Waals surface area contributed by atoms with Crippen LogP contribution in [0.4, 0.5) is 10.5 Å². The number of nitrogens with one attached hydrogen (secondary N) is 2. The Morgan fingerprint density at radius 2 is 2.04 bits per heavy atom. The zero-order chi connectivity index (χ0) is 16.1. The summed E-state index contributed by atoms with van der Waals surface area (Å²) in [6, 6.07) is 12.2. The van der Waals surface area contributed by atoms with Gasteiger partial charge in [-0.25, -0.2) is 10.2 Å². The van der Waals surface area contributed by atoms with E-state index in [0.717, 1.165) is 28.3 Å². The van der Waals surface area contributed by atoms with Crippen molar-refractivity contribution in [3.05, 3.63) is 48.0 Å². The van der Waals surface area contributed by atoms with Crippen molar-refractivity contribution >= 4 is 40.7 Å². The first-order chi connectivity index (χ1) is 11.3. The normalized spacial score (nSPS) is 10.8. The Bertz CT molecular complexity index is 862. The number of aromatic nitrogens is 2. The summed E-state index contributed by atoms with van der Waals surface area (Å²) in [5, 5.41) is 6.59. The lowest BCUT2D eigenvalue weighted by atomic mass is 10.2. The van der Waals surface area contributed by atoms with Gasteiger partial charge in [0.1, 0.15) is 16.8 Å². The molecule has 2 aromatic carbocycles. The van der Waals surface area contributed by atoms with E-state index in [4.69, 9.17) is 4.74 Å². The van der Waals surface area contributed by atoms with E-state index in [1.807, 2.05) is 24.3 Å². The van der Waals surface area contributed by atoms with Gasteiger partial charge in [-0.15, -0.1) is 0 Å². The predicted molar refractivity (Wildman–Crippen MR) is 90.2 cm³/mol. The molecule has 0 radical (unpaired) electrons. The van der Waals surface area contributed by atoms with Crippen molar-refractivity contribution in [2.24, 2.45) is 5.10 Å². The standard InChI is InChI=1S/C15H13N5O2S/c1-22-14-5-3-2-4-10(14)9-16-18-15(21)17-11-6-7-12-13(8-11)20-23-19-12/h2-9H,1H3,(H2,17,18,21). The van der Waals surface area contributed by atoms with E-state index in [2.05, 4.69) is 24.6 Å². The van der Waals surface area contributed by atoms with Gasteiger partial charge in [0.15, 0.2) is 0 Å². The Morgan fingerprint density at radius 3 is 2.91 bits per heavy atom. The van der Waals surface area contributed by atoms with Crippen molar-refractivity contribution in [3.8, 4) is 5.75 Å². The maximum absolute atomic E-state index is 11.8. The molecule has 1 heterocycles. The molecule has 0 atom stereocenters. The number of rotatable bonds is 4. The Balaban J connectivity index is 1.61. The van der Waals surface area contributed by atoms with Gasteiger partial charge in [-0.3, -0.25) is 0 Å². The zero-order valence-corrected chi connectivity index (χ0v) is 13.0. The predicted octanol–water partition coefficient (Wildman–Crippen LogP) is 2.86. The summed E-state index contributed by atoms with van der Waals surface area (Å²) in [5.41, 5.74) is 5.33. The van der Waals surface area contributed by atoms with E-state index in [0.29, 0.717) is 11.4 Å². The first-order valence-electron chi connectivity index (χ1n) is 6.71. The third-order valence-electron chi connectivity index (χ3n) is 3.02. The summed E-state index contributed by atoms with van der Waals surface area (Å²) in [5.74, 6) is 0.681. The highest BCUT2D eigenvalue weighted by molar-refractivity contribution is 7.00. The van der Waals surface area contributed by atoms with E-state index in [-0.39, 0.29) is 0 Å². The summed E-state index contributed by atoms with van der Waals surface area (Å²) in [6.45, 7) is 0. The molecule has 7 nitrogen and oxygen atoms in total. The highest BCUT2D eigenvalue weighted by atomic mass is 32.1. The molecule has 2 N–H and O–H groups in total. The van der Waals surface area contributed by atoms with Crippen molar-refractivity contribution in [3.63, 3.8) is 0 Å². The van der Waals surface area contributed by atoms with Crippen LogP contribution in [0.15, 0.2) is 47.6 Å². The second kappa shape index (κ2) is 6.84. The molecule has 1 aromatic heterocycles. The second-order valence-corrected chi connectivity index (χ2v) is 5.06. The number of amides is 2. The van der Waals surface area contributed by atoms with Crippen molar-refractivity contribution in [2.75, 3.05) is 12.4 Å². The lowest BCUT2D eigenvalue weighted by Gasteiger charge is -2.05. The highest BCUT2D eigenvalue weighted by Crippen LogP contribution is 2.17. The number of nitrogens with zero attached hydrogens (tertiary/aromatic N) is 3. The first-order valence-corrected chi connectivity index (χ1v) is 7.45. The van der Waals surface area contributed by atoms with Gasteiger partial charge < -0.3 is 10.1 Å². The molecule has 0 unspecified atom stereocenters. The fourth-order valence-corrected chi connectivity index (χ4v) is 2.47. The minimum absolute atomic E-state index is 0.446. The molecule has 0 saturated heterocycles. The molecular formula is C15H13N5O2S. The topological polar surface area (TPSA) is 88.5 Å². The van der Waals surface area contributed by atoms with Crippen LogP contribution >= 0.6 is 11.7 Å². The van der Waals surface area contributed by atoms with Gasteiger partial charge in [-0.1, -0.05) is 12.1 Å². The number of ether oxygens (including phenoxy) is 1. The molecule has 0 aliphatic carbocycles. The number of para-hydroxylation sites is 1. The van der Waals surface area contributed by atoms with Crippen LogP contribution in [0.5, 0.6) is 5.75 Å². The molecule has 0 bridgehead atoms. The van der Waals surface area contributed by atoms with Gasteiger partial charge >= 0.3 is 6.03 Å². The van der Waals surface area contributed by atoms with Crippen molar-refractivity contribution in [2.45, 2.75) is 0 Å². The Labute approximate surface area is 136 Å². The number of hydrogen-bond donors (Lipinski definition) is 2. The number of anilines is 1. The molecule has 0 aliphatic rings. The fraction of sp³-hybridized carbons (Fsp3) is 0.0667. The monoisotopic (exact) mass is 327 g/mol. The fourth-order valence-electron chi connectivity index (χ4n) is 1.95. The minimum Gasteiger partial charge on any atom is -0.496 e. The average Bonchev–Trinajstić information content (AvgIpc) is 3.03. The number of carbonyl (C=O) groups excluding carboxylic acids is 1. The lowest BCUT2D eigenvalue weighted by Crippen LogP contribution is -2.24. The summed E-state index contributed by atoms with van der Waals surface area (Å²) in [6.07, 6.45) is 1.52. The van der Waals surface area contributed by atoms with Crippen LogP contribution in [0, 0.1) is 0 Å². The number of methoxy groups -OCH3 is 1. The van der Waals surface area contributed by atoms with Crippen molar-refractivity contribution < 1.29 is 9.53 Å². The molecule has 3 aromatic rings. The van der Waals surface area contributed by atoms with E-state index in [1.165, 1.54) is 6.21 Å². The van der Waals surface area contributed by atoms with E-state index in [1.54, 1.807) is 25.3 Å². The van der Waals surface area contributed by atoms with Crippen molar-refractivity contribution in [1.82, 2.24) is 14.2 Å². The molecule has 0 aliphatic heterocycles. The molecule has 3 rings (SSSR count). The van der Waals surface area contributed by atoms with E-state index < -0.39 is 6.03 Å². The molecule has 116 valence electrons. The SMILES string of the molecule is COc1ccccc1C=NNC(=O)Nc1ccc2nsnc2c1. The van der Waals surface area contributed by atoms with Crippen LogP contribution in [0.3, 0.4) is 0 Å². The number of hydrogen-bond acceptors (Lipinski definition) is 6. The summed E-state index contributed by atoms with van der Waals surface area (Å²) in [4.78, 5) is 11.8. The van der Waals surface area contributed by atoms with Crippen LogP contribution in [0.2, 0.25) is 0 Å². The number of carbonyl (C=O) groups is 1. The number of hydrazone groups is 1. The molecule has 0 fully saturated rings. The lowest BCUT2D eigenvalue weighted by molar-refractivity contribution is 0.252. The number of urea groups is 1. The Kier molecular flexibility index (Phi) is 4.44. The maximum atomic E-state index is 11.8. The number of fused-ring (bicyclic) bond motifs is 1. The van der Waals surface area contributed by atoms with Gasteiger partial charge in [0, 0.05) is 11.3 Å². The summed E-state index contributed by atoms with van der Waals surface area (Å²) < 4.78 is 13.4. The van der Waals surface area contributed by atoms with Crippen molar-refractivity contribution in [1.29, 1.82) is 0 Å². The van der Waals surface area contributed by atoms with Gasteiger partial charge in [-0.05, 0) is 30.3 Å². The second-order valence-electron chi connectivity index (χ2n) is 4.53. The molecule has 2 amide bonds. The van der Waals surface area contributed by atoms with Crippen LogP contribution < -0.4 is 15.5 Å². The maximum Gasteiger partial charge on any atom is 0.339 e. The largest absolute Gasteiger partial charge is 0.496 e. The van der Waals surface area contributed by atoms with Crippen LogP contribution in [-0.4, -0.2) is 28.1 Å². The van der Waals surface area contributed by atoms with E-state index >= 15 is 0 Å². The number of benzene rings is 2. The van der Waals surface area contributed by atoms with Gasteiger partial charge in [0.25, 0.3) is 0 Å². The molecule has 0 spiro atoms. The quantitative estimate of drug-likeness (QED) is 0.569. The third kappa shape index (κ3) is 3.61. The molecule has 8 heteroatoms. The average molecular weight is 327 g/mol.